The van der Waals surface area contributed by atoms with Crippen LogP contribution in [0.25, 0.3) is 0 Å². The van der Waals surface area contributed by atoms with Crippen LogP contribution in [0, 0.1) is 6.92 Å². The molecule has 4 rings (SSSR count). The van der Waals surface area contributed by atoms with E-state index in [1.165, 1.54) is 19.3 Å². The molecule has 2 aromatic carbocycles. The maximum atomic E-state index is 13.8. The van der Waals surface area contributed by atoms with Crippen molar-refractivity contribution in [3.8, 4) is 5.75 Å². The topological polar surface area (TPSA) is 29.5 Å². The van der Waals surface area contributed by atoms with E-state index in [-0.39, 0.29) is 5.78 Å². The van der Waals surface area contributed by atoms with Gasteiger partial charge in [-0.05, 0) is 74.8 Å². The van der Waals surface area contributed by atoms with Crippen molar-refractivity contribution in [3.05, 3.63) is 57.0 Å². The monoisotopic (exact) mass is 479 g/mol. The zero-order valence-corrected chi connectivity index (χ0v) is 19.0. The van der Waals surface area contributed by atoms with Gasteiger partial charge >= 0.3 is 0 Å². The van der Waals surface area contributed by atoms with E-state index in [9.17, 15) is 4.79 Å². The van der Waals surface area contributed by atoms with Crippen LogP contribution < -0.4 is 4.74 Å². The van der Waals surface area contributed by atoms with E-state index >= 15 is 0 Å². The number of nitrogens with zero attached hydrogens (tertiary/aromatic N) is 1. The number of Topliss-reactive ketones (excluding diaryl/α,β-unsaturated/α-hetero) is 1. The minimum Gasteiger partial charge on any atom is -0.491 e. The van der Waals surface area contributed by atoms with Crippen molar-refractivity contribution in [1.29, 1.82) is 0 Å². The minimum atomic E-state index is -0.660. The summed E-state index contributed by atoms with van der Waals surface area (Å²) in [5, 5.41) is 0.699. The second kappa shape index (κ2) is 8.39. The van der Waals surface area contributed by atoms with Crippen molar-refractivity contribution >= 4 is 45.1 Å². The fourth-order valence-corrected chi connectivity index (χ4v) is 5.65. The van der Waals surface area contributed by atoms with Crippen molar-refractivity contribution < 1.29 is 9.53 Å². The van der Waals surface area contributed by atoms with Gasteiger partial charge in [0.25, 0.3) is 0 Å². The standard InChI is InChI=1S/C22H23BrClNO2S/c1-15-11-20-18(12-19(15)23)21(26)22(14-27-20,13-25-9-3-2-4-10-25)28-17-7-5-16(24)6-8-17/h5-8,11-12H,2-4,9-10,13-14H2,1H3. The first kappa shape index (κ1) is 20.3. The molecule has 1 fully saturated rings. The smallest absolute Gasteiger partial charge is 0.187 e. The van der Waals surface area contributed by atoms with Gasteiger partial charge in [0, 0.05) is 20.9 Å². The number of piperidine rings is 1. The Morgan fingerprint density at radius 1 is 1.18 bits per heavy atom. The van der Waals surface area contributed by atoms with Gasteiger partial charge in [0.1, 0.15) is 17.1 Å². The number of hydrogen-bond donors (Lipinski definition) is 0. The van der Waals surface area contributed by atoms with Crippen LogP contribution in [-0.4, -0.2) is 41.7 Å². The van der Waals surface area contributed by atoms with Crippen molar-refractivity contribution in [3.63, 3.8) is 0 Å². The molecule has 1 unspecified atom stereocenters. The third kappa shape index (κ3) is 4.13. The molecule has 0 saturated carbocycles. The van der Waals surface area contributed by atoms with Gasteiger partial charge < -0.3 is 9.64 Å². The Balaban J connectivity index is 1.70. The molecule has 2 aliphatic heterocycles. The summed E-state index contributed by atoms with van der Waals surface area (Å²) >= 11 is 11.2. The van der Waals surface area contributed by atoms with Crippen LogP contribution in [0.5, 0.6) is 5.75 Å². The zero-order valence-electron chi connectivity index (χ0n) is 15.8. The van der Waals surface area contributed by atoms with Gasteiger partial charge in [-0.15, -0.1) is 11.8 Å². The number of carbonyl (C=O) groups excluding carboxylic acids is 1. The number of likely N-dealkylation sites (tertiary alicyclic amines) is 1. The molecule has 0 aromatic heterocycles. The second-order valence-electron chi connectivity index (χ2n) is 7.60. The summed E-state index contributed by atoms with van der Waals surface area (Å²) in [5.41, 5.74) is 1.74. The molecule has 0 amide bonds. The number of halogens is 2. The molecule has 148 valence electrons. The SMILES string of the molecule is Cc1cc2c(cc1Br)C(=O)C(CN1CCCCC1)(Sc1ccc(Cl)cc1)CO2. The van der Waals surface area contributed by atoms with Gasteiger partial charge in [0.15, 0.2) is 5.78 Å². The summed E-state index contributed by atoms with van der Waals surface area (Å²) in [7, 11) is 0. The van der Waals surface area contributed by atoms with Crippen LogP contribution in [0.1, 0.15) is 35.2 Å². The molecule has 0 radical (unpaired) electrons. The van der Waals surface area contributed by atoms with E-state index in [1.807, 2.05) is 43.3 Å². The van der Waals surface area contributed by atoms with Gasteiger partial charge in [-0.25, -0.2) is 0 Å². The number of aryl methyl sites for hydroxylation is 1. The van der Waals surface area contributed by atoms with Crippen molar-refractivity contribution in [2.24, 2.45) is 0 Å². The minimum absolute atomic E-state index is 0.153. The molecular formula is C22H23BrClNO2S. The van der Waals surface area contributed by atoms with E-state index < -0.39 is 4.75 Å². The third-order valence-corrected chi connectivity index (χ3v) is 7.87. The number of ketones is 1. The first-order valence-electron chi connectivity index (χ1n) is 9.61. The molecule has 1 saturated heterocycles. The quantitative estimate of drug-likeness (QED) is 0.536. The Kier molecular flexibility index (Phi) is 6.07. The van der Waals surface area contributed by atoms with Crippen molar-refractivity contribution in [2.75, 3.05) is 26.2 Å². The van der Waals surface area contributed by atoms with Crippen LogP contribution in [0.3, 0.4) is 0 Å². The van der Waals surface area contributed by atoms with Crippen LogP contribution >= 0.6 is 39.3 Å². The predicted molar refractivity (Wildman–Crippen MR) is 119 cm³/mol. The highest BCUT2D eigenvalue weighted by molar-refractivity contribution is 9.10. The van der Waals surface area contributed by atoms with Gasteiger partial charge in [-0.2, -0.15) is 0 Å². The Bertz CT molecular complexity index is 883. The molecule has 2 heterocycles. The molecule has 1 atom stereocenters. The Morgan fingerprint density at radius 3 is 2.61 bits per heavy atom. The summed E-state index contributed by atoms with van der Waals surface area (Å²) in [4.78, 5) is 17.2. The lowest BCUT2D eigenvalue weighted by molar-refractivity contribution is 0.0807. The summed E-state index contributed by atoms with van der Waals surface area (Å²) in [6.07, 6.45) is 3.66. The number of carbonyl (C=O) groups is 1. The van der Waals surface area contributed by atoms with Crippen LogP contribution in [-0.2, 0) is 0 Å². The fourth-order valence-electron chi connectivity index (χ4n) is 3.89. The molecule has 3 nitrogen and oxygen atoms in total. The van der Waals surface area contributed by atoms with Gasteiger partial charge in [-0.1, -0.05) is 34.0 Å². The molecule has 0 bridgehead atoms. The average Bonchev–Trinajstić information content (AvgIpc) is 2.69. The molecule has 2 aliphatic rings. The molecule has 6 heteroatoms. The van der Waals surface area contributed by atoms with Gasteiger partial charge in [0.2, 0.25) is 0 Å². The lowest BCUT2D eigenvalue weighted by Gasteiger charge is -2.40. The number of ether oxygens (including phenoxy) is 1. The van der Waals surface area contributed by atoms with Crippen LogP contribution in [0.4, 0.5) is 0 Å². The predicted octanol–water partition coefficient (Wildman–Crippen LogP) is 6.00. The van der Waals surface area contributed by atoms with Crippen LogP contribution in [0.2, 0.25) is 5.02 Å². The van der Waals surface area contributed by atoms with Crippen molar-refractivity contribution in [1.82, 2.24) is 4.90 Å². The highest BCUT2D eigenvalue weighted by Gasteiger charge is 2.46. The van der Waals surface area contributed by atoms with Crippen molar-refractivity contribution in [2.45, 2.75) is 35.8 Å². The maximum absolute atomic E-state index is 13.8. The number of benzene rings is 2. The number of hydrogen-bond acceptors (Lipinski definition) is 4. The first-order valence-corrected chi connectivity index (χ1v) is 11.6. The van der Waals surface area contributed by atoms with E-state index in [0.29, 0.717) is 29.5 Å². The summed E-state index contributed by atoms with van der Waals surface area (Å²) < 4.78 is 6.45. The summed E-state index contributed by atoms with van der Waals surface area (Å²) in [6.45, 7) is 5.17. The number of thioether (sulfide) groups is 1. The van der Waals surface area contributed by atoms with E-state index in [1.54, 1.807) is 11.8 Å². The van der Waals surface area contributed by atoms with E-state index in [4.69, 9.17) is 16.3 Å². The van der Waals surface area contributed by atoms with E-state index in [0.717, 1.165) is 28.0 Å². The fraction of sp³-hybridized carbons (Fsp3) is 0.409. The normalized spacial score (nSPS) is 22.6. The van der Waals surface area contributed by atoms with Crippen LogP contribution in [0.15, 0.2) is 45.8 Å². The maximum Gasteiger partial charge on any atom is 0.187 e. The largest absolute Gasteiger partial charge is 0.491 e. The number of rotatable bonds is 4. The molecule has 2 aromatic rings. The number of fused-ring (bicyclic) bond motifs is 1. The highest BCUT2D eigenvalue weighted by atomic mass is 79.9. The zero-order chi connectivity index (χ0) is 19.7. The Hall–Kier alpha value is -1.01. The molecule has 0 aliphatic carbocycles. The average molecular weight is 481 g/mol. The lowest BCUT2D eigenvalue weighted by atomic mass is 9.92. The summed E-state index contributed by atoms with van der Waals surface area (Å²) in [6, 6.07) is 11.6. The third-order valence-electron chi connectivity index (χ3n) is 5.43. The van der Waals surface area contributed by atoms with Gasteiger partial charge in [-0.3, -0.25) is 4.79 Å². The summed E-state index contributed by atoms with van der Waals surface area (Å²) in [5.74, 6) is 0.844. The van der Waals surface area contributed by atoms with E-state index in [2.05, 4.69) is 20.8 Å². The Morgan fingerprint density at radius 2 is 1.89 bits per heavy atom. The molecule has 28 heavy (non-hydrogen) atoms. The first-order chi connectivity index (χ1) is 13.5. The van der Waals surface area contributed by atoms with Gasteiger partial charge in [0.05, 0.1) is 5.56 Å². The Labute approximate surface area is 183 Å². The molecular weight excluding hydrogens is 458 g/mol. The highest BCUT2D eigenvalue weighted by Crippen LogP contribution is 2.43. The lowest BCUT2D eigenvalue weighted by Crippen LogP contribution is -2.53. The molecule has 0 spiro atoms. The second-order valence-corrected chi connectivity index (χ2v) is 10.4. The molecule has 0 N–H and O–H groups in total.